The molecule has 5 rings (SSSR count). The number of piperazine rings is 1. The summed E-state index contributed by atoms with van der Waals surface area (Å²) >= 11 is 0. The molecule has 1 aliphatic heterocycles. The second kappa shape index (κ2) is 10.4. The van der Waals surface area contributed by atoms with Crippen molar-refractivity contribution >= 4 is 34.4 Å². The number of hydrogen-bond donors (Lipinski definition) is 2. The summed E-state index contributed by atoms with van der Waals surface area (Å²) in [7, 11) is 1.77. The minimum absolute atomic E-state index is 0.0767. The van der Waals surface area contributed by atoms with E-state index >= 15 is 0 Å². The zero-order valence-corrected chi connectivity index (χ0v) is 21.9. The Hall–Kier alpha value is -4.98. The molecule has 0 radical (unpaired) electrons. The number of nitrogens with one attached hydrogen (secondary N) is 1. The number of rotatable bonds is 6. The Balaban J connectivity index is 1.45. The standard InChI is InChI=1S/C28H28N8O3/c1-17-12-21(18(2)31-22-7-5-4-6-20(22)28(38)39)25-23(13-17)32-24(14-29)26(33-25)35-8-10-36(11-9-35)27(37)19-15-30-34(3)16-19/h4-7,12-13,15-16,18,31H,8-11H2,1-3H3,(H,38,39)/t18-/m1/s1. The number of aromatic carboxylic acids is 1. The van der Waals surface area contributed by atoms with Crippen LogP contribution in [0.25, 0.3) is 11.0 Å². The third-order valence-corrected chi connectivity index (χ3v) is 6.85. The lowest BCUT2D eigenvalue weighted by atomic mass is 10.0. The van der Waals surface area contributed by atoms with Gasteiger partial charge in [-0.05, 0) is 37.6 Å². The molecule has 2 aromatic heterocycles. The smallest absolute Gasteiger partial charge is 0.337 e. The van der Waals surface area contributed by atoms with Crippen LogP contribution in [0.2, 0.25) is 0 Å². The lowest BCUT2D eigenvalue weighted by molar-refractivity contribution is 0.0696. The van der Waals surface area contributed by atoms with Crippen molar-refractivity contribution < 1.29 is 14.7 Å². The topological polar surface area (TPSA) is 140 Å². The Morgan fingerprint density at radius 1 is 1.13 bits per heavy atom. The van der Waals surface area contributed by atoms with Gasteiger partial charge in [0, 0.05) is 50.7 Å². The number of aryl methyl sites for hydroxylation is 2. The average molecular weight is 525 g/mol. The van der Waals surface area contributed by atoms with E-state index < -0.39 is 5.97 Å². The van der Waals surface area contributed by atoms with Crippen LogP contribution >= 0.6 is 0 Å². The number of carbonyl (C=O) groups is 2. The lowest BCUT2D eigenvalue weighted by Crippen LogP contribution is -2.49. The van der Waals surface area contributed by atoms with E-state index in [1.54, 1.807) is 53.3 Å². The quantitative estimate of drug-likeness (QED) is 0.388. The van der Waals surface area contributed by atoms with Gasteiger partial charge in [-0.25, -0.2) is 14.8 Å². The minimum atomic E-state index is -1.01. The molecule has 0 spiro atoms. The number of carboxylic acid groups (broad SMARTS) is 1. The summed E-state index contributed by atoms with van der Waals surface area (Å²) in [6.45, 7) is 5.84. The fraction of sp³-hybridized carbons (Fsp3) is 0.286. The molecule has 4 aromatic rings. The van der Waals surface area contributed by atoms with Gasteiger partial charge in [-0.3, -0.25) is 9.48 Å². The van der Waals surface area contributed by atoms with Crippen LogP contribution in [0.1, 0.15) is 50.5 Å². The predicted molar refractivity (Wildman–Crippen MR) is 146 cm³/mol. The largest absolute Gasteiger partial charge is 0.478 e. The van der Waals surface area contributed by atoms with Crippen molar-refractivity contribution in [3.05, 3.63) is 76.7 Å². The summed E-state index contributed by atoms with van der Waals surface area (Å²) < 4.78 is 1.60. The van der Waals surface area contributed by atoms with Crippen LogP contribution in [0.5, 0.6) is 0 Å². The fourth-order valence-electron chi connectivity index (χ4n) is 4.89. The van der Waals surface area contributed by atoms with Crippen molar-refractivity contribution in [1.82, 2.24) is 24.6 Å². The molecule has 0 saturated carbocycles. The molecule has 0 aliphatic carbocycles. The van der Waals surface area contributed by atoms with Gasteiger partial charge in [0.25, 0.3) is 5.91 Å². The van der Waals surface area contributed by atoms with Crippen molar-refractivity contribution in [3.63, 3.8) is 0 Å². The van der Waals surface area contributed by atoms with Gasteiger partial charge in [-0.1, -0.05) is 18.2 Å². The highest BCUT2D eigenvalue weighted by atomic mass is 16.4. The second-order valence-electron chi connectivity index (χ2n) is 9.63. The number of carboxylic acids is 1. The van der Waals surface area contributed by atoms with E-state index in [4.69, 9.17) is 4.98 Å². The molecule has 11 heteroatoms. The molecule has 1 amide bonds. The number of fused-ring (bicyclic) bond motifs is 1. The van der Waals surface area contributed by atoms with Crippen LogP contribution < -0.4 is 10.2 Å². The first-order chi connectivity index (χ1) is 18.7. The van der Waals surface area contributed by atoms with Crippen molar-refractivity contribution in [2.24, 2.45) is 7.05 Å². The van der Waals surface area contributed by atoms with Gasteiger partial charge in [-0.2, -0.15) is 10.4 Å². The van der Waals surface area contributed by atoms with Crippen LogP contribution in [0.3, 0.4) is 0 Å². The number of nitriles is 1. The summed E-state index contributed by atoms with van der Waals surface area (Å²) in [5.41, 5.74) is 4.47. The van der Waals surface area contributed by atoms with E-state index in [2.05, 4.69) is 21.5 Å². The highest BCUT2D eigenvalue weighted by molar-refractivity contribution is 5.95. The SMILES string of the molecule is Cc1cc([C@@H](C)Nc2ccccc2C(=O)O)c2nc(N3CCN(C(=O)c4cnn(C)c4)CC3)c(C#N)nc2c1. The maximum atomic E-state index is 12.9. The molecule has 11 nitrogen and oxygen atoms in total. The minimum Gasteiger partial charge on any atom is -0.478 e. The van der Waals surface area contributed by atoms with E-state index in [0.717, 1.165) is 11.1 Å². The van der Waals surface area contributed by atoms with Crippen LogP contribution in [0.4, 0.5) is 11.5 Å². The number of aromatic nitrogens is 4. The molecule has 0 unspecified atom stereocenters. The highest BCUT2D eigenvalue weighted by Gasteiger charge is 2.26. The molecule has 1 aliphatic rings. The van der Waals surface area contributed by atoms with Crippen molar-refractivity contribution in [2.45, 2.75) is 19.9 Å². The number of nitrogens with zero attached hydrogens (tertiary/aromatic N) is 7. The number of para-hydroxylation sites is 1. The summed E-state index contributed by atoms with van der Waals surface area (Å²) in [5, 5.41) is 26.9. The zero-order valence-electron chi connectivity index (χ0n) is 21.9. The summed E-state index contributed by atoms with van der Waals surface area (Å²) in [6, 6.07) is 12.5. The summed E-state index contributed by atoms with van der Waals surface area (Å²) in [5.74, 6) is -0.616. The first-order valence-electron chi connectivity index (χ1n) is 12.6. The Kier molecular flexibility index (Phi) is 6.85. The van der Waals surface area contributed by atoms with E-state index in [-0.39, 0.29) is 23.2 Å². The Morgan fingerprint density at radius 3 is 2.54 bits per heavy atom. The maximum absolute atomic E-state index is 12.9. The average Bonchev–Trinajstić information content (AvgIpc) is 3.37. The van der Waals surface area contributed by atoms with Crippen molar-refractivity contribution in [1.29, 1.82) is 5.26 Å². The van der Waals surface area contributed by atoms with E-state index in [1.807, 2.05) is 30.9 Å². The van der Waals surface area contributed by atoms with Gasteiger partial charge in [0.2, 0.25) is 0 Å². The van der Waals surface area contributed by atoms with Crippen LogP contribution in [0.15, 0.2) is 48.8 Å². The molecule has 2 N–H and O–H groups in total. The predicted octanol–water partition coefficient (Wildman–Crippen LogP) is 3.38. The van der Waals surface area contributed by atoms with E-state index in [1.165, 1.54) is 0 Å². The van der Waals surface area contributed by atoms with Crippen molar-refractivity contribution in [2.75, 3.05) is 36.4 Å². The molecule has 1 fully saturated rings. The molecule has 3 heterocycles. The van der Waals surface area contributed by atoms with E-state index in [9.17, 15) is 20.0 Å². The molecule has 2 aromatic carbocycles. The van der Waals surface area contributed by atoms with Gasteiger partial charge in [-0.15, -0.1) is 0 Å². The van der Waals surface area contributed by atoms with Crippen molar-refractivity contribution in [3.8, 4) is 6.07 Å². The number of hydrogen-bond acceptors (Lipinski definition) is 8. The normalized spacial score (nSPS) is 14.2. The third kappa shape index (κ3) is 5.09. The lowest BCUT2D eigenvalue weighted by Gasteiger charge is -2.35. The second-order valence-corrected chi connectivity index (χ2v) is 9.63. The van der Waals surface area contributed by atoms with Gasteiger partial charge in [0.05, 0.1) is 34.4 Å². The number of carbonyl (C=O) groups excluding carboxylic acids is 1. The summed E-state index contributed by atoms with van der Waals surface area (Å²) in [6.07, 6.45) is 3.26. The molecule has 1 saturated heterocycles. The number of amides is 1. The van der Waals surface area contributed by atoms with Crippen LogP contribution in [0, 0.1) is 18.3 Å². The van der Waals surface area contributed by atoms with Gasteiger partial charge < -0.3 is 20.2 Å². The zero-order chi connectivity index (χ0) is 27.7. The highest BCUT2D eigenvalue weighted by Crippen LogP contribution is 2.30. The van der Waals surface area contributed by atoms with Crippen LogP contribution in [-0.2, 0) is 7.05 Å². The Bertz CT molecular complexity index is 1620. The number of anilines is 2. The maximum Gasteiger partial charge on any atom is 0.337 e. The van der Waals surface area contributed by atoms with Gasteiger partial charge in [0.1, 0.15) is 6.07 Å². The number of benzene rings is 2. The fourth-order valence-corrected chi connectivity index (χ4v) is 4.89. The Labute approximate surface area is 225 Å². The molecule has 0 bridgehead atoms. The molecular formula is C28H28N8O3. The van der Waals surface area contributed by atoms with Crippen LogP contribution in [-0.4, -0.2) is 67.8 Å². The van der Waals surface area contributed by atoms with Gasteiger partial charge >= 0.3 is 5.97 Å². The molecule has 198 valence electrons. The molecule has 1 atom stereocenters. The monoisotopic (exact) mass is 524 g/mol. The van der Waals surface area contributed by atoms with E-state index in [0.29, 0.717) is 54.3 Å². The molecular weight excluding hydrogens is 496 g/mol. The van der Waals surface area contributed by atoms with Gasteiger partial charge in [0.15, 0.2) is 11.5 Å². The Morgan fingerprint density at radius 2 is 1.87 bits per heavy atom. The molecule has 39 heavy (non-hydrogen) atoms. The summed E-state index contributed by atoms with van der Waals surface area (Å²) in [4.78, 5) is 37.9. The first-order valence-corrected chi connectivity index (χ1v) is 12.6. The first kappa shape index (κ1) is 25.7. The third-order valence-electron chi connectivity index (χ3n) is 6.85.